The highest BCUT2D eigenvalue weighted by atomic mass is 16.6. The van der Waals surface area contributed by atoms with Gasteiger partial charge in [0.15, 0.2) is 0 Å². The fourth-order valence-electron chi connectivity index (χ4n) is 6.53. The predicted molar refractivity (Wildman–Crippen MR) is 160 cm³/mol. The second kappa shape index (κ2) is 13.5. The number of hydrogen-bond acceptors (Lipinski definition) is 8. The van der Waals surface area contributed by atoms with Crippen LogP contribution in [0.25, 0.3) is 11.3 Å². The first-order valence-corrected chi connectivity index (χ1v) is 15.1. The molecule has 0 radical (unpaired) electrons. The number of hydrogen-bond donors (Lipinski definition) is 3. The second-order valence-electron chi connectivity index (χ2n) is 12.0. The van der Waals surface area contributed by atoms with Crippen molar-refractivity contribution in [2.24, 2.45) is 23.7 Å². The van der Waals surface area contributed by atoms with Gasteiger partial charge in [0.2, 0.25) is 5.91 Å². The Balaban J connectivity index is 1.21. The number of ether oxygens (including phenoxy) is 2. The number of aryl methyl sites for hydroxylation is 1. The summed E-state index contributed by atoms with van der Waals surface area (Å²) in [5.41, 5.74) is 3.30. The molecular formula is C32H41N5O6. The van der Waals surface area contributed by atoms with Crippen LogP contribution in [0.1, 0.15) is 52.4 Å². The van der Waals surface area contributed by atoms with E-state index in [2.05, 4.69) is 53.0 Å². The van der Waals surface area contributed by atoms with E-state index in [1.807, 2.05) is 12.1 Å². The van der Waals surface area contributed by atoms with Crippen LogP contribution in [0.4, 0.5) is 10.5 Å². The lowest BCUT2D eigenvalue weighted by Crippen LogP contribution is -2.42. The van der Waals surface area contributed by atoms with E-state index in [9.17, 15) is 19.5 Å². The monoisotopic (exact) mass is 591 g/mol. The average Bonchev–Trinajstić information content (AvgIpc) is 3.44. The summed E-state index contributed by atoms with van der Waals surface area (Å²) in [5, 5.41) is 23.8. The standard InChI is InChI=1S/C32H41N5O6/c1-19-14-22-5-4-20(2)26(11-10-25-16-24(38)17-30(40)42-25)31(22)28(15-19)43-32(41)34-23-8-6-21(7-9-23)27-18-37(36-35-27)13-12-29(39)33-3/h4-9,14,18-20,24-26,28,31,38H,10-13,15-17H2,1-3H3,(H,33,39)(H,34,41)/t19-,20-,24+,25+,26-,28-,31-/m0/s1. The number of anilines is 1. The topological polar surface area (TPSA) is 145 Å². The molecule has 11 nitrogen and oxygen atoms in total. The zero-order chi connectivity index (χ0) is 30.5. The van der Waals surface area contributed by atoms with Crippen LogP contribution in [0.15, 0.2) is 54.3 Å². The molecule has 2 aliphatic carbocycles. The number of esters is 1. The van der Waals surface area contributed by atoms with E-state index < -0.39 is 12.2 Å². The van der Waals surface area contributed by atoms with Gasteiger partial charge in [0.05, 0.1) is 25.3 Å². The molecule has 1 saturated heterocycles. The van der Waals surface area contributed by atoms with E-state index in [1.54, 1.807) is 30.1 Å². The third-order valence-electron chi connectivity index (χ3n) is 8.72. The number of carbonyl (C=O) groups is 3. The summed E-state index contributed by atoms with van der Waals surface area (Å²) in [7, 11) is 1.60. The molecule has 0 saturated carbocycles. The van der Waals surface area contributed by atoms with E-state index in [-0.39, 0.29) is 54.2 Å². The number of aromatic nitrogens is 3. The van der Waals surface area contributed by atoms with Gasteiger partial charge < -0.3 is 19.9 Å². The highest BCUT2D eigenvalue weighted by Gasteiger charge is 2.42. The summed E-state index contributed by atoms with van der Waals surface area (Å²) in [5.74, 6) is 0.377. The van der Waals surface area contributed by atoms with Crippen molar-refractivity contribution >= 4 is 23.7 Å². The molecular weight excluding hydrogens is 550 g/mol. The highest BCUT2D eigenvalue weighted by molar-refractivity contribution is 5.85. The summed E-state index contributed by atoms with van der Waals surface area (Å²) >= 11 is 0. The van der Waals surface area contributed by atoms with Crippen molar-refractivity contribution in [2.75, 3.05) is 12.4 Å². The van der Waals surface area contributed by atoms with E-state index >= 15 is 0 Å². The summed E-state index contributed by atoms with van der Waals surface area (Å²) in [6.45, 7) is 4.74. The fourth-order valence-corrected chi connectivity index (χ4v) is 6.53. The maximum atomic E-state index is 13.1. The van der Waals surface area contributed by atoms with E-state index in [1.165, 1.54) is 5.57 Å². The van der Waals surface area contributed by atoms with Crippen LogP contribution >= 0.6 is 0 Å². The average molecular weight is 592 g/mol. The maximum absolute atomic E-state index is 13.1. The number of aliphatic hydroxyl groups is 1. The van der Waals surface area contributed by atoms with Crippen molar-refractivity contribution in [3.8, 4) is 11.3 Å². The molecule has 3 aliphatic rings. The molecule has 0 unspecified atom stereocenters. The maximum Gasteiger partial charge on any atom is 0.411 e. The summed E-state index contributed by atoms with van der Waals surface area (Å²) in [6, 6.07) is 7.29. The number of allylic oxidation sites excluding steroid dienone is 3. The quantitative estimate of drug-likeness (QED) is 0.367. The van der Waals surface area contributed by atoms with Crippen LogP contribution in [0.3, 0.4) is 0 Å². The molecule has 2 amide bonds. The largest absolute Gasteiger partial charge is 0.462 e. The molecule has 2 heterocycles. The highest BCUT2D eigenvalue weighted by Crippen LogP contribution is 2.45. The number of fused-ring (bicyclic) bond motifs is 1. The number of nitrogens with one attached hydrogen (secondary N) is 2. The van der Waals surface area contributed by atoms with Gasteiger partial charge in [0.1, 0.15) is 17.9 Å². The van der Waals surface area contributed by atoms with Crippen molar-refractivity contribution in [1.29, 1.82) is 0 Å². The number of amides is 2. The predicted octanol–water partition coefficient (Wildman–Crippen LogP) is 4.25. The smallest absolute Gasteiger partial charge is 0.411 e. The summed E-state index contributed by atoms with van der Waals surface area (Å²) in [4.78, 5) is 36.5. The Hall–Kier alpha value is -3.99. The molecule has 7 atom stereocenters. The van der Waals surface area contributed by atoms with E-state index in [0.717, 1.165) is 18.4 Å². The number of cyclic esters (lactones) is 1. The molecule has 1 fully saturated rings. The number of nitrogens with zero attached hydrogens (tertiary/aromatic N) is 3. The molecule has 0 bridgehead atoms. The molecule has 43 heavy (non-hydrogen) atoms. The molecule has 2 aromatic rings. The SMILES string of the molecule is CNC(=O)CCn1cc(-c2ccc(NC(=O)O[C@H]3C[C@@H](C)C=C4C=C[C@H](C)[C@H](CC[C@@H]5C[C@@H](O)CC(=O)O5)[C@H]43)cc2)nn1. The lowest BCUT2D eigenvalue weighted by molar-refractivity contribution is -0.160. The van der Waals surface area contributed by atoms with Gasteiger partial charge in [-0.3, -0.25) is 19.6 Å². The molecule has 1 aromatic heterocycles. The third kappa shape index (κ3) is 7.70. The van der Waals surface area contributed by atoms with Crippen LogP contribution in [0, 0.1) is 23.7 Å². The Kier molecular flexibility index (Phi) is 9.59. The normalized spacial score (nSPS) is 28.3. The van der Waals surface area contributed by atoms with Crippen molar-refractivity contribution in [3.05, 3.63) is 54.3 Å². The number of aliphatic hydroxyl groups excluding tert-OH is 1. The lowest BCUT2D eigenvalue weighted by atomic mass is 9.65. The van der Waals surface area contributed by atoms with Crippen LogP contribution in [-0.2, 0) is 25.6 Å². The van der Waals surface area contributed by atoms with Crippen molar-refractivity contribution in [2.45, 2.75) is 77.2 Å². The van der Waals surface area contributed by atoms with Crippen molar-refractivity contribution in [3.63, 3.8) is 0 Å². The minimum absolute atomic E-state index is 0.0413. The van der Waals surface area contributed by atoms with Crippen molar-refractivity contribution in [1.82, 2.24) is 20.3 Å². The number of benzene rings is 1. The van der Waals surface area contributed by atoms with Gasteiger partial charge in [-0.2, -0.15) is 0 Å². The first-order chi connectivity index (χ1) is 20.7. The Morgan fingerprint density at radius 2 is 1.95 bits per heavy atom. The van der Waals surface area contributed by atoms with Gasteiger partial charge in [-0.05, 0) is 54.7 Å². The zero-order valence-corrected chi connectivity index (χ0v) is 24.9. The van der Waals surface area contributed by atoms with Gasteiger partial charge >= 0.3 is 12.1 Å². The van der Waals surface area contributed by atoms with E-state index in [0.29, 0.717) is 37.2 Å². The third-order valence-corrected chi connectivity index (χ3v) is 8.72. The molecule has 1 aromatic carbocycles. The van der Waals surface area contributed by atoms with E-state index in [4.69, 9.17) is 9.47 Å². The Morgan fingerprint density at radius 1 is 1.16 bits per heavy atom. The first kappa shape index (κ1) is 30.5. The Labute approximate surface area is 251 Å². The van der Waals surface area contributed by atoms with Crippen LogP contribution < -0.4 is 10.6 Å². The van der Waals surface area contributed by atoms with Gasteiger partial charge in [-0.15, -0.1) is 5.10 Å². The Morgan fingerprint density at radius 3 is 2.70 bits per heavy atom. The number of rotatable bonds is 9. The molecule has 0 spiro atoms. The fraction of sp³-hybridized carbons (Fsp3) is 0.531. The first-order valence-electron chi connectivity index (χ1n) is 15.1. The zero-order valence-electron chi connectivity index (χ0n) is 24.9. The minimum atomic E-state index is -0.649. The van der Waals surface area contributed by atoms with Crippen LogP contribution in [-0.4, -0.2) is 63.4 Å². The minimum Gasteiger partial charge on any atom is -0.462 e. The van der Waals surface area contributed by atoms with Crippen LogP contribution in [0.5, 0.6) is 0 Å². The van der Waals surface area contributed by atoms with Crippen LogP contribution in [0.2, 0.25) is 0 Å². The van der Waals surface area contributed by atoms with Gasteiger partial charge in [0, 0.05) is 37.1 Å². The molecule has 1 aliphatic heterocycles. The molecule has 5 rings (SSSR count). The summed E-state index contributed by atoms with van der Waals surface area (Å²) in [6.07, 6.45) is 9.72. The van der Waals surface area contributed by atoms with Gasteiger partial charge in [-0.25, -0.2) is 4.79 Å². The lowest BCUT2D eigenvalue weighted by Gasteiger charge is -2.43. The molecule has 230 valence electrons. The summed E-state index contributed by atoms with van der Waals surface area (Å²) < 4.78 is 13.2. The number of carbonyl (C=O) groups excluding carboxylic acids is 3. The van der Waals surface area contributed by atoms with Gasteiger partial charge in [-0.1, -0.05) is 49.4 Å². The van der Waals surface area contributed by atoms with Crippen molar-refractivity contribution < 1.29 is 29.0 Å². The second-order valence-corrected chi connectivity index (χ2v) is 12.0. The Bertz CT molecular complexity index is 1370. The molecule has 11 heteroatoms. The molecule has 3 N–H and O–H groups in total. The van der Waals surface area contributed by atoms with Gasteiger partial charge in [0.25, 0.3) is 0 Å².